The van der Waals surface area contributed by atoms with Crippen LogP contribution in [0.3, 0.4) is 0 Å². The number of nitrogens with zero attached hydrogens (tertiary/aromatic N) is 3. The molecule has 1 aromatic heterocycles. The fourth-order valence-electron chi connectivity index (χ4n) is 3.14. The number of amides is 2. The van der Waals surface area contributed by atoms with E-state index < -0.39 is 24.6 Å². The molecule has 2 amide bonds. The van der Waals surface area contributed by atoms with Gasteiger partial charge in [-0.1, -0.05) is 42.0 Å². The van der Waals surface area contributed by atoms with Crippen LogP contribution in [0.25, 0.3) is 16.9 Å². The third kappa shape index (κ3) is 3.93. The Morgan fingerprint density at radius 1 is 1.13 bits per heavy atom. The monoisotopic (exact) mass is 405 g/mol. The fraction of sp³-hybridized carbons (Fsp3) is 0.182. The molecule has 2 heterocycles. The molecule has 0 bridgehead atoms. The maximum Gasteiger partial charge on any atom is 0.416 e. The number of para-hydroxylation sites is 1. The summed E-state index contributed by atoms with van der Waals surface area (Å²) < 4.78 is 11.5. The van der Waals surface area contributed by atoms with E-state index in [2.05, 4.69) is 5.10 Å². The van der Waals surface area contributed by atoms with Crippen LogP contribution in [0, 0.1) is 6.92 Å². The Labute approximate surface area is 172 Å². The Balaban J connectivity index is 1.62. The smallest absolute Gasteiger partial charge is 0.416 e. The minimum atomic E-state index is -0.728. The van der Waals surface area contributed by atoms with Gasteiger partial charge in [0.05, 0.1) is 12.2 Å². The number of benzene rings is 2. The highest BCUT2D eigenvalue weighted by Gasteiger charge is 2.29. The Hall–Kier alpha value is -3.94. The number of hydrogen-bond donors (Lipinski definition) is 0. The van der Waals surface area contributed by atoms with E-state index >= 15 is 0 Å². The van der Waals surface area contributed by atoms with Crippen LogP contribution in [0.5, 0.6) is 0 Å². The van der Waals surface area contributed by atoms with Crippen LogP contribution in [-0.2, 0) is 14.3 Å². The molecule has 1 fully saturated rings. The standard InChI is InChI=1S/C22H19N3O5/c1-15-6-5-7-16(12-15)20-18(13-25(23-20)17-8-3-2-4-9-17)21(27)30-14-19(26)24-10-11-29-22(24)28/h2-9,12-13H,10-11,14H2,1H3. The van der Waals surface area contributed by atoms with Gasteiger partial charge >= 0.3 is 12.1 Å². The van der Waals surface area contributed by atoms with Crippen molar-refractivity contribution in [1.82, 2.24) is 14.7 Å². The Bertz CT molecular complexity index is 1110. The van der Waals surface area contributed by atoms with E-state index in [9.17, 15) is 14.4 Å². The highest BCUT2D eigenvalue weighted by atomic mass is 16.6. The molecule has 0 spiro atoms. The van der Waals surface area contributed by atoms with Gasteiger partial charge < -0.3 is 9.47 Å². The van der Waals surface area contributed by atoms with Crippen LogP contribution in [0.15, 0.2) is 60.8 Å². The lowest BCUT2D eigenvalue weighted by molar-refractivity contribution is -0.131. The van der Waals surface area contributed by atoms with Gasteiger partial charge in [-0.2, -0.15) is 5.10 Å². The summed E-state index contributed by atoms with van der Waals surface area (Å²) in [5, 5.41) is 4.58. The molecule has 30 heavy (non-hydrogen) atoms. The lowest BCUT2D eigenvalue weighted by atomic mass is 10.1. The van der Waals surface area contributed by atoms with Crippen molar-refractivity contribution in [3.63, 3.8) is 0 Å². The van der Waals surface area contributed by atoms with Gasteiger partial charge in [-0.05, 0) is 25.1 Å². The van der Waals surface area contributed by atoms with Crippen molar-refractivity contribution in [3.8, 4) is 16.9 Å². The summed E-state index contributed by atoms with van der Waals surface area (Å²) in [6.07, 6.45) is 0.845. The molecule has 2 aromatic carbocycles. The number of aryl methyl sites for hydroxylation is 1. The zero-order chi connectivity index (χ0) is 21.1. The minimum absolute atomic E-state index is 0.139. The Morgan fingerprint density at radius 2 is 1.93 bits per heavy atom. The number of aromatic nitrogens is 2. The summed E-state index contributed by atoms with van der Waals surface area (Å²) in [5.41, 5.74) is 3.22. The molecule has 3 aromatic rings. The number of rotatable bonds is 5. The summed E-state index contributed by atoms with van der Waals surface area (Å²) in [5.74, 6) is -1.33. The lowest BCUT2D eigenvalue weighted by Gasteiger charge is -2.10. The molecule has 4 rings (SSSR count). The molecular weight excluding hydrogens is 386 g/mol. The van der Waals surface area contributed by atoms with Crippen LogP contribution < -0.4 is 0 Å². The van der Waals surface area contributed by atoms with Crippen LogP contribution in [-0.4, -0.2) is 52.4 Å². The summed E-state index contributed by atoms with van der Waals surface area (Å²) >= 11 is 0. The van der Waals surface area contributed by atoms with Crippen molar-refractivity contribution in [2.24, 2.45) is 0 Å². The third-order valence-electron chi connectivity index (χ3n) is 4.64. The van der Waals surface area contributed by atoms with Crippen molar-refractivity contribution in [3.05, 3.63) is 71.9 Å². The Morgan fingerprint density at radius 3 is 2.63 bits per heavy atom. The van der Waals surface area contributed by atoms with E-state index in [1.807, 2.05) is 61.5 Å². The van der Waals surface area contributed by atoms with Gasteiger partial charge in [0, 0.05) is 11.8 Å². The second kappa shape index (κ2) is 8.20. The number of carbonyl (C=O) groups excluding carboxylic acids is 3. The first-order chi connectivity index (χ1) is 14.5. The summed E-state index contributed by atoms with van der Waals surface area (Å²) in [4.78, 5) is 37.4. The first-order valence-electron chi connectivity index (χ1n) is 9.39. The number of imide groups is 1. The van der Waals surface area contributed by atoms with Gasteiger partial charge in [0.2, 0.25) is 0 Å². The van der Waals surface area contributed by atoms with Crippen LogP contribution >= 0.6 is 0 Å². The van der Waals surface area contributed by atoms with Gasteiger partial charge in [0.25, 0.3) is 5.91 Å². The second-order valence-corrected chi connectivity index (χ2v) is 6.78. The fourth-order valence-corrected chi connectivity index (χ4v) is 3.14. The number of hydrogen-bond acceptors (Lipinski definition) is 6. The number of cyclic esters (lactones) is 1. The van der Waals surface area contributed by atoms with E-state index in [0.29, 0.717) is 5.69 Å². The van der Waals surface area contributed by atoms with Crippen molar-refractivity contribution < 1.29 is 23.9 Å². The summed E-state index contributed by atoms with van der Waals surface area (Å²) in [6, 6.07) is 17.0. The number of esters is 1. The minimum Gasteiger partial charge on any atom is -0.452 e. The Kier molecular flexibility index (Phi) is 5.30. The van der Waals surface area contributed by atoms with Crippen molar-refractivity contribution >= 4 is 18.0 Å². The van der Waals surface area contributed by atoms with Gasteiger partial charge in [0.1, 0.15) is 17.9 Å². The van der Waals surface area contributed by atoms with Gasteiger partial charge in [0.15, 0.2) is 6.61 Å². The molecule has 8 heteroatoms. The summed E-state index contributed by atoms with van der Waals surface area (Å²) in [6.45, 7) is 1.68. The van der Waals surface area contributed by atoms with E-state index in [1.54, 1.807) is 10.9 Å². The molecule has 1 saturated heterocycles. The molecule has 152 valence electrons. The number of ether oxygens (including phenoxy) is 2. The highest BCUT2D eigenvalue weighted by molar-refractivity contribution is 5.99. The topological polar surface area (TPSA) is 90.7 Å². The van der Waals surface area contributed by atoms with E-state index in [-0.39, 0.29) is 18.7 Å². The van der Waals surface area contributed by atoms with Gasteiger partial charge in [-0.25, -0.2) is 19.2 Å². The third-order valence-corrected chi connectivity index (χ3v) is 4.64. The average molecular weight is 405 g/mol. The molecule has 0 saturated carbocycles. The van der Waals surface area contributed by atoms with E-state index in [4.69, 9.17) is 9.47 Å². The van der Waals surface area contributed by atoms with E-state index in [1.165, 1.54) is 0 Å². The predicted molar refractivity (Wildman–Crippen MR) is 107 cm³/mol. The second-order valence-electron chi connectivity index (χ2n) is 6.78. The van der Waals surface area contributed by atoms with Crippen molar-refractivity contribution in [2.75, 3.05) is 19.8 Å². The molecule has 1 aliphatic rings. The molecule has 1 aliphatic heterocycles. The molecule has 0 atom stereocenters. The van der Waals surface area contributed by atoms with Gasteiger partial charge in [-0.3, -0.25) is 4.79 Å². The maximum absolute atomic E-state index is 12.8. The maximum atomic E-state index is 12.8. The zero-order valence-electron chi connectivity index (χ0n) is 16.3. The number of carbonyl (C=O) groups is 3. The highest BCUT2D eigenvalue weighted by Crippen LogP contribution is 2.25. The SMILES string of the molecule is Cc1cccc(-c2nn(-c3ccccc3)cc2C(=O)OCC(=O)N2CCOC2=O)c1. The molecule has 8 nitrogen and oxygen atoms in total. The van der Waals surface area contributed by atoms with E-state index in [0.717, 1.165) is 21.7 Å². The lowest BCUT2D eigenvalue weighted by Crippen LogP contribution is -2.35. The van der Waals surface area contributed by atoms with Crippen molar-refractivity contribution in [2.45, 2.75) is 6.92 Å². The van der Waals surface area contributed by atoms with Crippen molar-refractivity contribution in [1.29, 1.82) is 0 Å². The van der Waals surface area contributed by atoms with Crippen LogP contribution in [0.1, 0.15) is 15.9 Å². The van der Waals surface area contributed by atoms with Crippen LogP contribution in [0.4, 0.5) is 4.79 Å². The zero-order valence-corrected chi connectivity index (χ0v) is 16.3. The molecule has 0 N–H and O–H groups in total. The van der Waals surface area contributed by atoms with Gasteiger partial charge in [-0.15, -0.1) is 0 Å². The first-order valence-corrected chi connectivity index (χ1v) is 9.39. The quantitative estimate of drug-likeness (QED) is 0.606. The molecule has 0 radical (unpaired) electrons. The normalized spacial score (nSPS) is 13.2. The predicted octanol–water partition coefficient (Wildman–Crippen LogP) is 2.98. The summed E-state index contributed by atoms with van der Waals surface area (Å²) in [7, 11) is 0. The molecule has 0 aliphatic carbocycles. The molecular formula is C22H19N3O5. The van der Waals surface area contributed by atoms with Crippen LogP contribution in [0.2, 0.25) is 0 Å². The molecule has 0 unspecified atom stereocenters. The first kappa shape index (κ1) is 19.4. The average Bonchev–Trinajstić information content (AvgIpc) is 3.39. The largest absolute Gasteiger partial charge is 0.452 e.